The van der Waals surface area contributed by atoms with Crippen LogP contribution in [0.15, 0.2) is 18.2 Å². The second-order valence-electron chi connectivity index (χ2n) is 5.14. The minimum Gasteiger partial charge on any atom is -0.484 e. The van der Waals surface area contributed by atoms with Gasteiger partial charge in [0.15, 0.2) is 6.61 Å². The molecule has 0 bridgehead atoms. The number of amides is 1. The summed E-state index contributed by atoms with van der Waals surface area (Å²) in [7, 11) is 0. The molecule has 1 unspecified atom stereocenters. The summed E-state index contributed by atoms with van der Waals surface area (Å²) in [5, 5.41) is 0.732. The molecule has 2 rings (SSSR count). The normalized spacial score (nSPS) is 18.6. The molecule has 1 atom stereocenters. The molecule has 1 fully saturated rings. The molecule has 4 nitrogen and oxygen atoms in total. The maximum atomic E-state index is 12.2. The highest BCUT2D eigenvalue weighted by molar-refractivity contribution is 6.31. The number of carbonyl (C=O) groups excluding carboxylic acids is 1. The summed E-state index contributed by atoms with van der Waals surface area (Å²) in [6, 6.07) is 5.49. The predicted molar refractivity (Wildman–Crippen MR) is 82.9 cm³/mol. The lowest BCUT2D eigenvalue weighted by Crippen LogP contribution is -2.47. The number of halogens is 1. The lowest BCUT2D eigenvalue weighted by molar-refractivity contribution is -0.141. The first-order chi connectivity index (χ1) is 10.1. The fourth-order valence-electron chi connectivity index (χ4n) is 2.34. The SMILES string of the molecule is CCc1cc(OCC(=O)N2CCOC(CC)C2)ccc1Cl. The molecule has 0 saturated carbocycles. The van der Waals surface area contributed by atoms with Gasteiger partial charge in [0.05, 0.1) is 12.7 Å². The minimum atomic E-state index is 0.00440. The fraction of sp³-hybridized carbons (Fsp3) is 0.562. The third-order valence-corrected chi connectivity index (χ3v) is 4.08. The largest absolute Gasteiger partial charge is 0.484 e. The van der Waals surface area contributed by atoms with Gasteiger partial charge in [0.25, 0.3) is 5.91 Å². The number of ether oxygens (including phenoxy) is 2. The minimum absolute atomic E-state index is 0.00440. The van der Waals surface area contributed by atoms with Crippen molar-refractivity contribution in [3.05, 3.63) is 28.8 Å². The number of carbonyl (C=O) groups is 1. The topological polar surface area (TPSA) is 38.8 Å². The Morgan fingerprint density at radius 3 is 3.00 bits per heavy atom. The van der Waals surface area contributed by atoms with E-state index in [0.29, 0.717) is 25.4 Å². The van der Waals surface area contributed by atoms with Gasteiger partial charge in [0.1, 0.15) is 5.75 Å². The van der Waals surface area contributed by atoms with Crippen LogP contribution < -0.4 is 4.74 Å². The number of hydrogen-bond donors (Lipinski definition) is 0. The molecule has 1 aromatic carbocycles. The van der Waals surface area contributed by atoms with Gasteiger partial charge in [-0.2, -0.15) is 0 Å². The van der Waals surface area contributed by atoms with Crippen molar-refractivity contribution in [2.75, 3.05) is 26.3 Å². The van der Waals surface area contributed by atoms with E-state index in [2.05, 4.69) is 6.92 Å². The first kappa shape index (κ1) is 16.1. The zero-order chi connectivity index (χ0) is 15.2. The van der Waals surface area contributed by atoms with Gasteiger partial charge in [-0.15, -0.1) is 0 Å². The summed E-state index contributed by atoms with van der Waals surface area (Å²) >= 11 is 6.07. The summed E-state index contributed by atoms with van der Waals surface area (Å²) in [4.78, 5) is 14.0. The number of morpholine rings is 1. The van der Waals surface area contributed by atoms with Crippen molar-refractivity contribution >= 4 is 17.5 Å². The Morgan fingerprint density at radius 1 is 1.48 bits per heavy atom. The van der Waals surface area contributed by atoms with E-state index >= 15 is 0 Å². The van der Waals surface area contributed by atoms with E-state index in [9.17, 15) is 4.79 Å². The van der Waals surface area contributed by atoms with Crippen LogP contribution in [-0.2, 0) is 16.0 Å². The molecule has 116 valence electrons. The summed E-state index contributed by atoms with van der Waals surface area (Å²) in [5.74, 6) is 0.689. The Bertz CT molecular complexity index is 492. The zero-order valence-electron chi connectivity index (χ0n) is 12.6. The van der Waals surface area contributed by atoms with Gasteiger partial charge < -0.3 is 14.4 Å². The standard InChI is InChI=1S/C16H22ClNO3/c1-3-12-9-14(5-6-15(12)17)21-11-16(19)18-7-8-20-13(4-2)10-18/h5-6,9,13H,3-4,7-8,10-11H2,1-2H3. The molecule has 21 heavy (non-hydrogen) atoms. The van der Waals surface area contributed by atoms with E-state index in [0.717, 1.165) is 23.4 Å². The van der Waals surface area contributed by atoms with Crippen molar-refractivity contribution in [2.45, 2.75) is 32.8 Å². The van der Waals surface area contributed by atoms with Crippen LogP contribution in [0.5, 0.6) is 5.75 Å². The molecule has 0 N–H and O–H groups in total. The molecule has 1 amide bonds. The summed E-state index contributed by atoms with van der Waals surface area (Å²) < 4.78 is 11.2. The Balaban J connectivity index is 1.89. The van der Waals surface area contributed by atoms with Gasteiger partial charge in [-0.3, -0.25) is 4.79 Å². The molecule has 0 spiro atoms. The highest BCUT2D eigenvalue weighted by Gasteiger charge is 2.23. The van der Waals surface area contributed by atoms with Crippen LogP contribution in [0.3, 0.4) is 0 Å². The maximum Gasteiger partial charge on any atom is 0.260 e. The molecular weight excluding hydrogens is 290 g/mol. The zero-order valence-corrected chi connectivity index (χ0v) is 13.4. The third kappa shape index (κ3) is 4.35. The first-order valence-electron chi connectivity index (χ1n) is 7.44. The molecule has 1 heterocycles. The summed E-state index contributed by atoms with van der Waals surface area (Å²) in [6.45, 7) is 6.05. The van der Waals surface area contributed by atoms with Crippen molar-refractivity contribution in [3.8, 4) is 5.75 Å². The Labute approximate surface area is 131 Å². The van der Waals surface area contributed by atoms with Crippen molar-refractivity contribution in [1.82, 2.24) is 4.90 Å². The summed E-state index contributed by atoms with van der Waals surface area (Å²) in [6.07, 6.45) is 1.90. The van der Waals surface area contributed by atoms with Crippen LogP contribution in [0.25, 0.3) is 0 Å². The molecule has 0 aromatic heterocycles. The van der Waals surface area contributed by atoms with E-state index in [-0.39, 0.29) is 18.6 Å². The first-order valence-corrected chi connectivity index (χ1v) is 7.82. The van der Waals surface area contributed by atoms with E-state index < -0.39 is 0 Å². The van der Waals surface area contributed by atoms with E-state index in [1.165, 1.54) is 0 Å². The fourth-order valence-corrected chi connectivity index (χ4v) is 2.59. The molecule has 0 radical (unpaired) electrons. The van der Waals surface area contributed by atoms with Crippen molar-refractivity contribution in [1.29, 1.82) is 0 Å². The highest BCUT2D eigenvalue weighted by Crippen LogP contribution is 2.22. The van der Waals surface area contributed by atoms with Crippen LogP contribution in [0, 0.1) is 0 Å². The number of rotatable bonds is 5. The van der Waals surface area contributed by atoms with Gasteiger partial charge in [-0.1, -0.05) is 25.4 Å². The van der Waals surface area contributed by atoms with Gasteiger partial charge in [0.2, 0.25) is 0 Å². The average molecular weight is 312 g/mol. The highest BCUT2D eigenvalue weighted by atomic mass is 35.5. The van der Waals surface area contributed by atoms with Crippen LogP contribution in [-0.4, -0.2) is 43.2 Å². The Morgan fingerprint density at radius 2 is 2.29 bits per heavy atom. The van der Waals surface area contributed by atoms with E-state index in [1.807, 2.05) is 24.0 Å². The van der Waals surface area contributed by atoms with Gasteiger partial charge in [-0.05, 0) is 36.6 Å². The number of nitrogens with zero attached hydrogens (tertiary/aromatic N) is 1. The number of benzene rings is 1. The van der Waals surface area contributed by atoms with Gasteiger partial charge in [-0.25, -0.2) is 0 Å². The van der Waals surface area contributed by atoms with Gasteiger partial charge >= 0.3 is 0 Å². The molecular formula is C16H22ClNO3. The molecule has 1 aliphatic heterocycles. The second-order valence-corrected chi connectivity index (χ2v) is 5.54. The number of aryl methyl sites for hydroxylation is 1. The van der Waals surface area contributed by atoms with E-state index in [4.69, 9.17) is 21.1 Å². The lowest BCUT2D eigenvalue weighted by Gasteiger charge is -2.32. The molecule has 1 aromatic rings. The molecule has 0 aliphatic carbocycles. The maximum absolute atomic E-state index is 12.2. The van der Waals surface area contributed by atoms with Gasteiger partial charge in [0, 0.05) is 18.1 Å². The monoisotopic (exact) mass is 311 g/mol. The van der Waals surface area contributed by atoms with E-state index in [1.54, 1.807) is 6.07 Å². The quantitative estimate of drug-likeness (QED) is 0.839. The third-order valence-electron chi connectivity index (χ3n) is 3.71. The molecule has 5 heteroatoms. The van der Waals surface area contributed by atoms with Crippen molar-refractivity contribution in [2.24, 2.45) is 0 Å². The van der Waals surface area contributed by atoms with Crippen LogP contribution in [0.1, 0.15) is 25.8 Å². The number of hydrogen-bond acceptors (Lipinski definition) is 3. The Kier molecular flexibility index (Phi) is 5.88. The smallest absolute Gasteiger partial charge is 0.260 e. The van der Waals surface area contributed by atoms with Crippen molar-refractivity contribution < 1.29 is 14.3 Å². The van der Waals surface area contributed by atoms with Crippen LogP contribution in [0.4, 0.5) is 0 Å². The second kappa shape index (κ2) is 7.66. The Hall–Kier alpha value is -1.26. The van der Waals surface area contributed by atoms with Crippen molar-refractivity contribution in [3.63, 3.8) is 0 Å². The average Bonchev–Trinajstić information content (AvgIpc) is 2.53. The van der Waals surface area contributed by atoms with Crippen LogP contribution >= 0.6 is 11.6 Å². The predicted octanol–water partition coefficient (Wildman–Crippen LogP) is 2.92. The van der Waals surface area contributed by atoms with Crippen LogP contribution in [0.2, 0.25) is 5.02 Å². The summed E-state index contributed by atoms with van der Waals surface area (Å²) in [5.41, 5.74) is 1.03. The molecule has 1 saturated heterocycles. The molecule has 1 aliphatic rings. The lowest BCUT2D eigenvalue weighted by atomic mass is 10.1.